The van der Waals surface area contributed by atoms with Gasteiger partial charge in [0.15, 0.2) is 0 Å². The van der Waals surface area contributed by atoms with Crippen molar-refractivity contribution < 1.29 is 19.1 Å². The first-order valence-corrected chi connectivity index (χ1v) is 2.31. The summed E-state index contributed by atoms with van der Waals surface area (Å²) in [6.45, 7) is 1.74. The van der Waals surface area contributed by atoms with Gasteiger partial charge in [-0.25, -0.2) is 9.59 Å². The second-order valence-corrected chi connectivity index (χ2v) is 1.10. The molecule has 0 saturated carbocycles. The van der Waals surface area contributed by atoms with Crippen LogP contribution in [0, 0.1) is 0 Å². The van der Waals surface area contributed by atoms with Crippen molar-refractivity contribution in [2.75, 3.05) is 6.61 Å². The van der Waals surface area contributed by atoms with Crippen molar-refractivity contribution in [1.29, 1.82) is 0 Å². The number of hydrogen-bond donors (Lipinski definition) is 1. The fourth-order valence-corrected chi connectivity index (χ4v) is 0.229. The molecule has 0 aliphatic carbocycles. The summed E-state index contributed by atoms with van der Waals surface area (Å²) in [7, 11) is 0. The van der Waals surface area contributed by atoms with Gasteiger partial charge < -0.3 is 15.2 Å². The third-order valence-electron chi connectivity index (χ3n) is 0.446. The highest BCUT2D eigenvalue weighted by Gasteiger charge is 2.04. The van der Waals surface area contributed by atoms with E-state index in [4.69, 9.17) is 0 Å². The van der Waals surface area contributed by atoms with E-state index in [0.29, 0.717) is 0 Å². The highest BCUT2D eigenvalue weighted by Crippen LogP contribution is 1.82. The normalized spacial score (nSPS) is 8.11. The largest absolute Gasteiger partial charge is 0.517 e. The van der Waals surface area contributed by atoms with E-state index in [0.717, 1.165) is 0 Å². The Hall–Kier alpha value is -1.26. The van der Waals surface area contributed by atoms with Gasteiger partial charge in [0.2, 0.25) is 0 Å². The Balaban J connectivity index is 3.39. The zero-order valence-corrected chi connectivity index (χ0v) is 4.92. The van der Waals surface area contributed by atoms with Gasteiger partial charge in [-0.1, -0.05) is 0 Å². The van der Waals surface area contributed by atoms with E-state index in [2.05, 4.69) is 15.2 Å². The van der Waals surface area contributed by atoms with Gasteiger partial charge in [-0.3, -0.25) is 0 Å². The van der Waals surface area contributed by atoms with Crippen molar-refractivity contribution in [3.05, 3.63) is 0 Å². The summed E-state index contributed by atoms with van der Waals surface area (Å²) in [5.41, 5.74) is 4.46. The van der Waals surface area contributed by atoms with E-state index >= 15 is 0 Å². The number of carbonyl (C=O) groups is 2. The van der Waals surface area contributed by atoms with Crippen LogP contribution in [0.3, 0.4) is 0 Å². The molecule has 0 aliphatic rings. The van der Waals surface area contributed by atoms with Gasteiger partial charge in [-0.15, -0.1) is 0 Å². The molecule has 0 spiro atoms. The molecule has 2 N–H and O–H groups in total. The van der Waals surface area contributed by atoms with Crippen molar-refractivity contribution >= 4 is 12.2 Å². The summed E-state index contributed by atoms with van der Waals surface area (Å²) < 4.78 is 7.96. The second-order valence-electron chi connectivity index (χ2n) is 1.10. The van der Waals surface area contributed by atoms with Crippen molar-refractivity contribution in [3.8, 4) is 0 Å². The molecule has 0 aromatic heterocycles. The number of hydrogen-bond acceptors (Lipinski definition) is 4. The van der Waals surface area contributed by atoms with Crippen LogP contribution < -0.4 is 5.73 Å². The van der Waals surface area contributed by atoms with E-state index in [-0.39, 0.29) is 6.61 Å². The Kier molecular flexibility index (Phi) is 3.19. The lowest BCUT2D eigenvalue weighted by Crippen LogP contribution is -2.18. The molecule has 0 atom stereocenters. The van der Waals surface area contributed by atoms with E-state index in [1.54, 1.807) is 6.92 Å². The van der Waals surface area contributed by atoms with Crippen LogP contribution in [0.1, 0.15) is 6.92 Å². The molecule has 0 aliphatic heterocycles. The van der Waals surface area contributed by atoms with E-state index < -0.39 is 12.2 Å². The lowest BCUT2D eigenvalue weighted by atomic mass is 10.9. The number of primary amides is 1. The Morgan fingerprint density at radius 1 is 1.56 bits per heavy atom. The van der Waals surface area contributed by atoms with Crippen LogP contribution in [0.5, 0.6) is 0 Å². The Morgan fingerprint density at radius 3 is 2.44 bits per heavy atom. The van der Waals surface area contributed by atoms with Crippen LogP contribution in [0.2, 0.25) is 0 Å². The zero-order valence-electron chi connectivity index (χ0n) is 4.92. The molecule has 0 rings (SSSR count). The molecule has 0 saturated heterocycles. The molecular formula is C4H7NO4. The second kappa shape index (κ2) is 3.71. The van der Waals surface area contributed by atoms with Crippen molar-refractivity contribution in [2.45, 2.75) is 6.92 Å². The van der Waals surface area contributed by atoms with Crippen LogP contribution in [-0.4, -0.2) is 18.9 Å². The fraction of sp³-hybridized carbons (Fsp3) is 0.500. The minimum absolute atomic E-state index is 0.159. The van der Waals surface area contributed by atoms with Gasteiger partial charge in [0.05, 0.1) is 6.61 Å². The van der Waals surface area contributed by atoms with Gasteiger partial charge in [0.25, 0.3) is 0 Å². The van der Waals surface area contributed by atoms with Crippen LogP contribution >= 0.6 is 0 Å². The molecule has 0 unspecified atom stereocenters. The molecule has 0 heterocycles. The first-order chi connectivity index (χ1) is 4.16. The molecule has 5 nitrogen and oxygen atoms in total. The summed E-state index contributed by atoms with van der Waals surface area (Å²) in [4.78, 5) is 19.9. The quantitative estimate of drug-likeness (QED) is 0.410. The molecule has 0 bridgehead atoms. The predicted octanol–water partition coefficient (Wildman–Crippen LogP) is 0.238. The SMILES string of the molecule is CCOC(=O)OC(N)=O. The fourth-order valence-electron chi connectivity index (χ4n) is 0.229. The highest BCUT2D eigenvalue weighted by atomic mass is 16.7. The maximum Gasteiger partial charge on any atom is 0.517 e. The smallest absolute Gasteiger partial charge is 0.434 e. The number of carbonyl (C=O) groups excluding carboxylic acids is 2. The molecule has 0 fully saturated rings. The number of amides is 1. The van der Waals surface area contributed by atoms with Crippen molar-refractivity contribution in [3.63, 3.8) is 0 Å². The third-order valence-corrected chi connectivity index (χ3v) is 0.446. The molecule has 5 heteroatoms. The van der Waals surface area contributed by atoms with Gasteiger partial charge >= 0.3 is 12.2 Å². The van der Waals surface area contributed by atoms with Crippen LogP contribution in [0.15, 0.2) is 0 Å². The summed E-state index contributed by atoms with van der Waals surface area (Å²) in [6, 6.07) is 0. The molecule has 0 aromatic rings. The van der Waals surface area contributed by atoms with Crippen LogP contribution in [-0.2, 0) is 9.47 Å². The van der Waals surface area contributed by atoms with Gasteiger partial charge in [0, 0.05) is 0 Å². The van der Waals surface area contributed by atoms with E-state index in [1.165, 1.54) is 0 Å². The van der Waals surface area contributed by atoms with Crippen LogP contribution in [0.4, 0.5) is 9.59 Å². The Morgan fingerprint density at radius 2 is 2.11 bits per heavy atom. The van der Waals surface area contributed by atoms with Gasteiger partial charge in [-0.2, -0.15) is 0 Å². The van der Waals surface area contributed by atoms with Crippen molar-refractivity contribution in [1.82, 2.24) is 0 Å². The van der Waals surface area contributed by atoms with Crippen molar-refractivity contribution in [2.24, 2.45) is 5.73 Å². The summed E-state index contributed by atoms with van der Waals surface area (Å²) >= 11 is 0. The van der Waals surface area contributed by atoms with E-state index in [9.17, 15) is 9.59 Å². The molecule has 9 heavy (non-hydrogen) atoms. The molecular weight excluding hydrogens is 126 g/mol. The summed E-state index contributed by atoms with van der Waals surface area (Å²) in [5.74, 6) is 0. The number of rotatable bonds is 1. The maximum absolute atomic E-state index is 10.1. The molecule has 0 radical (unpaired) electrons. The Bertz CT molecular complexity index is 122. The topological polar surface area (TPSA) is 78.6 Å². The van der Waals surface area contributed by atoms with E-state index in [1.807, 2.05) is 0 Å². The Labute approximate surface area is 51.7 Å². The third kappa shape index (κ3) is 4.60. The zero-order chi connectivity index (χ0) is 7.28. The van der Waals surface area contributed by atoms with Gasteiger partial charge in [0.1, 0.15) is 0 Å². The monoisotopic (exact) mass is 133 g/mol. The lowest BCUT2D eigenvalue weighted by molar-refractivity contribution is 0.0822. The standard InChI is InChI=1S/C4H7NO4/c1-2-8-4(7)9-3(5)6/h2H2,1H3,(H2,5,6). The summed E-state index contributed by atoms with van der Waals surface area (Å²) in [5, 5.41) is 0. The first-order valence-electron chi connectivity index (χ1n) is 2.31. The molecule has 52 valence electrons. The van der Waals surface area contributed by atoms with Gasteiger partial charge in [-0.05, 0) is 6.92 Å². The first kappa shape index (κ1) is 7.74. The summed E-state index contributed by atoms with van der Waals surface area (Å²) in [6.07, 6.45) is -2.22. The minimum Gasteiger partial charge on any atom is -0.434 e. The van der Waals surface area contributed by atoms with Crippen LogP contribution in [0.25, 0.3) is 0 Å². The average Bonchev–Trinajstić information content (AvgIpc) is 1.63. The lowest BCUT2D eigenvalue weighted by Gasteiger charge is -1.96. The molecule has 0 aromatic carbocycles. The average molecular weight is 133 g/mol. The number of ether oxygens (including phenoxy) is 2. The predicted molar refractivity (Wildman–Crippen MR) is 27.7 cm³/mol. The highest BCUT2D eigenvalue weighted by molar-refractivity contribution is 5.79. The maximum atomic E-state index is 10.1. The molecule has 1 amide bonds. The minimum atomic E-state index is -1.16. The number of nitrogens with two attached hydrogens (primary N) is 1.